The van der Waals surface area contributed by atoms with E-state index in [-0.39, 0.29) is 10.1 Å². The highest BCUT2D eigenvalue weighted by Crippen LogP contribution is 2.37. The molecule has 2 aromatic carbocycles. The molecule has 0 bridgehead atoms. The summed E-state index contributed by atoms with van der Waals surface area (Å²) in [6.07, 6.45) is 4.25. The maximum atomic E-state index is 6.87. The lowest BCUT2D eigenvalue weighted by Crippen LogP contribution is -2.66. The number of rotatable bonds is 8. The maximum absolute atomic E-state index is 6.87. The van der Waals surface area contributed by atoms with E-state index in [0.717, 1.165) is 0 Å². The standard InChI is InChI=1S/C26H40O2Si2/c1-25(2,3)29(7,8)27-21-15-16-22-28-30(26(4,5)6,23-17-11-9-12-18-23)24-19-13-10-14-20-24/h9-20H,21-22H2,1-8H3/b16-15-. The summed E-state index contributed by atoms with van der Waals surface area (Å²) in [5, 5.41) is 2.86. The largest absolute Gasteiger partial charge is 0.413 e. The van der Waals surface area contributed by atoms with E-state index < -0.39 is 16.6 Å². The van der Waals surface area contributed by atoms with Crippen molar-refractivity contribution in [2.75, 3.05) is 13.2 Å². The van der Waals surface area contributed by atoms with Gasteiger partial charge in [0.1, 0.15) is 0 Å². The fourth-order valence-corrected chi connectivity index (χ4v) is 8.99. The van der Waals surface area contributed by atoms with Gasteiger partial charge in [0.05, 0.1) is 13.2 Å². The van der Waals surface area contributed by atoms with E-state index in [1.165, 1.54) is 10.4 Å². The van der Waals surface area contributed by atoms with Gasteiger partial charge in [0.15, 0.2) is 8.32 Å². The summed E-state index contributed by atoms with van der Waals surface area (Å²) in [4.78, 5) is 0. The second-order valence-electron chi connectivity index (χ2n) is 10.5. The van der Waals surface area contributed by atoms with Crippen LogP contribution in [0.4, 0.5) is 0 Å². The number of hydrogen-bond donors (Lipinski definition) is 0. The van der Waals surface area contributed by atoms with Gasteiger partial charge in [0.2, 0.25) is 0 Å². The predicted molar refractivity (Wildman–Crippen MR) is 136 cm³/mol. The van der Waals surface area contributed by atoms with Gasteiger partial charge in [-0.05, 0) is 33.5 Å². The van der Waals surface area contributed by atoms with Crippen LogP contribution in [0.3, 0.4) is 0 Å². The van der Waals surface area contributed by atoms with Crippen LogP contribution in [0.1, 0.15) is 41.5 Å². The van der Waals surface area contributed by atoms with Crippen molar-refractivity contribution in [2.45, 2.75) is 64.7 Å². The van der Waals surface area contributed by atoms with Gasteiger partial charge in [-0.2, -0.15) is 0 Å². The minimum Gasteiger partial charge on any atom is -0.413 e. The van der Waals surface area contributed by atoms with Crippen molar-refractivity contribution in [2.24, 2.45) is 0 Å². The Balaban J connectivity index is 2.23. The molecule has 0 radical (unpaired) electrons. The highest BCUT2D eigenvalue weighted by atomic mass is 28.4. The summed E-state index contributed by atoms with van der Waals surface area (Å²) in [5.41, 5.74) is 0. The minimum absolute atomic E-state index is 0.00118. The lowest BCUT2D eigenvalue weighted by molar-refractivity contribution is 0.321. The van der Waals surface area contributed by atoms with Crippen LogP contribution in [0.5, 0.6) is 0 Å². The Kier molecular flexibility index (Phi) is 8.08. The predicted octanol–water partition coefficient (Wildman–Crippen LogP) is 6.14. The Hall–Kier alpha value is -1.47. The van der Waals surface area contributed by atoms with E-state index in [1.54, 1.807) is 0 Å². The van der Waals surface area contributed by atoms with Crippen LogP contribution in [0.25, 0.3) is 0 Å². The van der Waals surface area contributed by atoms with Gasteiger partial charge in [0.25, 0.3) is 8.32 Å². The molecule has 0 saturated carbocycles. The molecule has 0 unspecified atom stereocenters. The van der Waals surface area contributed by atoms with E-state index in [1.807, 2.05) is 0 Å². The van der Waals surface area contributed by atoms with E-state index >= 15 is 0 Å². The summed E-state index contributed by atoms with van der Waals surface area (Å²) >= 11 is 0. The smallest absolute Gasteiger partial charge is 0.261 e. The average molecular weight is 441 g/mol. The Morgan fingerprint density at radius 1 is 0.633 bits per heavy atom. The normalized spacial score (nSPS) is 13.7. The molecule has 2 aromatic rings. The van der Waals surface area contributed by atoms with Gasteiger partial charge < -0.3 is 8.85 Å². The van der Waals surface area contributed by atoms with Gasteiger partial charge >= 0.3 is 0 Å². The zero-order valence-electron chi connectivity index (χ0n) is 20.2. The van der Waals surface area contributed by atoms with Crippen LogP contribution in [0, 0.1) is 0 Å². The second-order valence-corrected chi connectivity index (χ2v) is 19.6. The van der Waals surface area contributed by atoms with Crippen LogP contribution in [0.15, 0.2) is 72.8 Å². The van der Waals surface area contributed by atoms with Crippen molar-refractivity contribution >= 4 is 27.0 Å². The molecule has 30 heavy (non-hydrogen) atoms. The topological polar surface area (TPSA) is 18.5 Å². The first kappa shape index (κ1) is 24.8. The molecule has 0 aliphatic heterocycles. The van der Waals surface area contributed by atoms with Gasteiger partial charge in [0, 0.05) is 0 Å². The van der Waals surface area contributed by atoms with E-state index in [2.05, 4.69) is 127 Å². The number of hydrogen-bond acceptors (Lipinski definition) is 2. The summed E-state index contributed by atoms with van der Waals surface area (Å²) in [6.45, 7) is 19.6. The van der Waals surface area contributed by atoms with Crippen molar-refractivity contribution < 1.29 is 8.85 Å². The first-order valence-electron chi connectivity index (χ1n) is 11.0. The van der Waals surface area contributed by atoms with Gasteiger partial charge in [-0.1, -0.05) is 114 Å². The van der Waals surface area contributed by atoms with Gasteiger partial charge in [-0.25, -0.2) is 0 Å². The quantitative estimate of drug-likeness (QED) is 0.362. The van der Waals surface area contributed by atoms with E-state index in [4.69, 9.17) is 8.85 Å². The van der Waals surface area contributed by atoms with Crippen molar-refractivity contribution in [3.05, 3.63) is 72.8 Å². The molecule has 4 heteroatoms. The van der Waals surface area contributed by atoms with E-state index in [0.29, 0.717) is 13.2 Å². The highest BCUT2D eigenvalue weighted by Gasteiger charge is 2.49. The molecular weight excluding hydrogens is 400 g/mol. The molecule has 2 nitrogen and oxygen atoms in total. The molecule has 164 valence electrons. The summed E-state index contributed by atoms with van der Waals surface area (Å²) in [7, 11) is -4.18. The summed E-state index contributed by atoms with van der Waals surface area (Å²) in [6, 6.07) is 21.6. The van der Waals surface area contributed by atoms with Gasteiger partial charge in [-0.3, -0.25) is 0 Å². The molecule has 2 rings (SSSR count). The summed E-state index contributed by atoms with van der Waals surface area (Å²) < 4.78 is 13.1. The molecule has 0 N–H and O–H groups in total. The fraction of sp³-hybridized carbons (Fsp3) is 0.462. The van der Waals surface area contributed by atoms with E-state index in [9.17, 15) is 0 Å². The Bertz CT molecular complexity index is 761. The lowest BCUT2D eigenvalue weighted by atomic mass is 10.2. The second kappa shape index (κ2) is 9.77. The third kappa shape index (κ3) is 5.61. The van der Waals surface area contributed by atoms with Crippen molar-refractivity contribution in [1.82, 2.24) is 0 Å². The molecule has 0 amide bonds. The average Bonchev–Trinajstić information content (AvgIpc) is 2.67. The first-order chi connectivity index (χ1) is 13.9. The summed E-state index contributed by atoms with van der Waals surface area (Å²) in [5.74, 6) is 0. The van der Waals surface area contributed by atoms with Crippen LogP contribution >= 0.6 is 0 Å². The Morgan fingerprint density at radius 2 is 1.03 bits per heavy atom. The number of benzene rings is 2. The monoisotopic (exact) mass is 440 g/mol. The van der Waals surface area contributed by atoms with Gasteiger partial charge in [-0.15, -0.1) is 0 Å². The third-order valence-corrected chi connectivity index (χ3v) is 15.8. The maximum Gasteiger partial charge on any atom is 0.261 e. The van der Waals surface area contributed by atoms with Crippen LogP contribution in [-0.4, -0.2) is 29.8 Å². The molecule has 0 atom stereocenters. The van der Waals surface area contributed by atoms with Crippen LogP contribution in [-0.2, 0) is 8.85 Å². The lowest BCUT2D eigenvalue weighted by Gasteiger charge is -2.42. The third-order valence-electron chi connectivity index (χ3n) is 6.33. The molecule has 0 aliphatic carbocycles. The molecule has 0 saturated heterocycles. The SMILES string of the molecule is CC(C)(C)[Si](C)(C)OC/C=C\CO[Si](c1ccccc1)(c1ccccc1)C(C)(C)C. The Morgan fingerprint density at radius 3 is 1.40 bits per heavy atom. The molecule has 0 aromatic heterocycles. The van der Waals surface area contributed by atoms with Crippen molar-refractivity contribution in [3.8, 4) is 0 Å². The molecule has 0 aliphatic rings. The zero-order chi connectivity index (χ0) is 22.5. The Labute approximate surface area is 186 Å². The molecular formula is C26H40O2Si2. The minimum atomic E-state index is -2.46. The van der Waals surface area contributed by atoms with Crippen molar-refractivity contribution in [1.29, 1.82) is 0 Å². The molecule has 0 fully saturated rings. The zero-order valence-corrected chi connectivity index (χ0v) is 22.2. The molecule has 0 heterocycles. The first-order valence-corrected chi connectivity index (χ1v) is 15.8. The highest BCUT2D eigenvalue weighted by molar-refractivity contribution is 6.99. The van der Waals surface area contributed by atoms with Crippen LogP contribution < -0.4 is 10.4 Å². The molecule has 0 spiro atoms. The van der Waals surface area contributed by atoms with Crippen LogP contribution in [0.2, 0.25) is 23.2 Å². The fourth-order valence-electron chi connectivity index (χ4n) is 3.54. The van der Waals surface area contributed by atoms with Crippen molar-refractivity contribution in [3.63, 3.8) is 0 Å².